The van der Waals surface area contributed by atoms with Crippen molar-refractivity contribution in [3.8, 4) is 17.6 Å². The van der Waals surface area contributed by atoms with E-state index in [-0.39, 0.29) is 17.2 Å². The third-order valence-electron chi connectivity index (χ3n) is 5.39. The molecule has 3 heteroatoms. The molecule has 0 atom stereocenters. The van der Waals surface area contributed by atoms with Crippen LogP contribution in [0.25, 0.3) is 0 Å². The van der Waals surface area contributed by atoms with Gasteiger partial charge >= 0.3 is 0 Å². The predicted octanol–water partition coefficient (Wildman–Crippen LogP) is 6.25. The molecule has 142 valence electrons. The summed E-state index contributed by atoms with van der Waals surface area (Å²) in [5.41, 5.74) is 2.90. The van der Waals surface area contributed by atoms with Crippen molar-refractivity contribution in [1.29, 1.82) is 0 Å². The third kappa shape index (κ3) is 4.69. The second kappa shape index (κ2) is 9.04. The molecule has 0 heterocycles. The van der Waals surface area contributed by atoms with E-state index in [1.54, 1.807) is 0 Å². The van der Waals surface area contributed by atoms with Gasteiger partial charge in [0.1, 0.15) is 0 Å². The third-order valence-corrected chi connectivity index (χ3v) is 5.39. The molecule has 27 heavy (non-hydrogen) atoms. The van der Waals surface area contributed by atoms with E-state index in [0.717, 1.165) is 32.1 Å². The zero-order valence-corrected chi connectivity index (χ0v) is 16.0. The van der Waals surface area contributed by atoms with Crippen molar-refractivity contribution < 1.29 is 13.5 Å². The fraction of sp³-hybridized carbons (Fsp3) is 0.417. The van der Waals surface area contributed by atoms with Gasteiger partial charge in [0.05, 0.1) is 12.7 Å². The van der Waals surface area contributed by atoms with Crippen LogP contribution in [0.1, 0.15) is 61.6 Å². The molecule has 0 aromatic heterocycles. The number of aryl methyl sites for hydroxylation is 1. The maximum absolute atomic E-state index is 14.0. The van der Waals surface area contributed by atoms with E-state index in [1.165, 1.54) is 36.8 Å². The van der Waals surface area contributed by atoms with Gasteiger partial charge in [0.25, 0.3) is 0 Å². The number of hydrogen-bond donors (Lipinski definition) is 0. The van der Waals surface area contributed by atoms with Crippen molar-refractivity contribution in [2.24, 2.45) is 5.92 Å². The van der Waals surface area contributed by atoms with Crippen molar-refractivity contribution in [2.75, 3.05) is 7.11 Å². The molecule has 1 aliphatic rings. The van der Waals surface area contributed by atoms with Crippen molar-refractivity contribution in [3.63, 3.8) is 0 Å². The summed E-state index contributed by atoms with van der Waals surface area (Å²) in [4.78, 5) is 0. The molecule has 0 N–H and O–H groups in total. The van der Waals surface area contributed by atoms with E-state index in [0.29, 0.717) is 5.92 Å². The lowest BCUT2D eigenvalue weighted by Gasteiger charge is -2.26. The molecule has 0 radical (unpaired) electrons. The van der Waals surface area contributed by atoms with E-state index < -0.39 is 11.6 Å². The highest BCUT2D eigenvalue weighted by atomic mass is 19.2. The Morgan fingerprint density at radius 3 is 2.30 bits per heavy atom. The number of methoxy groups -OCH3 is 1. The minimum Gasteiger partial charge on any atom is -0.494 e. The zero-order chi connectivity index (χ0) is 19.2. The van der Waals surface area contributed by atoms with Gasteiger partial charge in [0, 0.05) is 5.92 Å². The van der Waals surface area contributed by atoms with Gasteiger partial charge < -0.3 is 4.74 Å². The van der Waals surface area contributed by atoms with Gasteiger partial charge in [-0.3, -0.25) is 0 Å². The van der Waals surface area contributed by atoms with Crippen LogP contribution in [0, 0.1) is 29.4 Å². The molecule has 0 saturated heterocycles. The lowest BCUT2D eigenvalue weighted by atomic mass is 9.78. The van der Waals surface area contributed by atoms with E-state index in [2.05, 4.69) is 43.0 Å². The largest absolute Gasteiger partial charge is 0.494 e. The minimum absolute atomic E-state index is 0.0940. The first-order chi connectivity index (χ1) is 13.1. The summed E-state index contributed by atoms with van der Waals surface area (Å²) in [6.07, 6.45) is 6.47. The van der Waals surface area contributed by atoms with Crippen molar-refractivity contribution in [2.45, 2.75) is 51.4 Å². The Labute approximate surface area is 160 Å². The smallest absolute Gasteiger partial charge is 0.201 e. The summed E-state index contributed by atoms with van der Waals surface area (Å²) < 4.78 is 32.6. The quantitative estimate of drug-likeness (QED) is 0.580. The maximum atomic E-state index is 14.0. The number of hydrogen-bond acceptors (Lipinski definition) is 1. The molecule has 0 bridgehead atoms. The van der Waals surface area contributed by atoms with Gasteiger partial charge in [-0.1, -0.05) is 49.5 Å². The zero-order valence-electron chi connectivity index (χ0n) is 16.0. The lowest BCUT2D eigenvalue weighted by Crippen LogP contribution is -2.12. The molecular formula is C24H26F2O. The summed E-state index contributed by atoms with van der Waals surface area (Å²) in [6, 6.07) is 11.9. The Hall–Kier alpha value is -2.34. The van der Waals surface area contributed by atoms with Crippen LogP contribution in [0.3, 0.4) is 0 Å². The van der Waals surface area contributed by atoms with Gasteiger partial charge in [0.15, 0.2) is 11.6 Å². The van der Waals surface area contributed by atoms with Crippen molar-refractivity contribution in [3.05, 3.63) is 64.7 Å². The molecule has 0 aliphatic heterocycles. The van der Waals surface area contributed by atoms with Gasteiger partial charge in [0.2, 0.25) is 5.82 Å². The number of ether oxygens (including phenoxy) is 1. The van der Waals surface area contributed by atoms with Gasteiger partial charge in [-0.05, 0) is 61.3 Å². The fourth-order valence-corrected chi connectivity index (χ4v) is 3.78. The first-order valence-corrected chi connectivity index (χ1v) is 9.74. The van der Waals surface area contributed by atoms with E-state index in [4.69, 9.17) is 4.74 Å². The standard InChI is InChI=1S/C24H26F2O/c1-3-4-17-5-10-19(11-6-17)20-12-7-18(8-13-20)9-14-21-15-16-22(27-2)24(26)23(21)25/h5-6,10-11,15-16,18,20H,3-4,7-8,12-13H2,1-2H3. The molecule has 0 amide bonds. The monoisotopic (exact) mass is 368 g/mol. The molecular weight excluding hydrogens is 342 g/mol. The van der Waals surface area contributed by atoms with Crippen molar-refractivity contribution >= 4 is 0 Å². The average molecular weight is 368 g/mol. The first-order valence-electron chi connectivity index (χ1n) is 9.74. The highest BCUT2D eigenvalue weighted by Gasteiger charge is 2.21. The molecule has 1 fully saturated rings. The Bertz CT molecular complexity index is 822. The normalized spacial score (nSPS) is 19.3. The summed E-state index contributed by atoms with van der Waals surface area (Å²) in [7, 11) is 1.32. The Balaban J connectivity index is 1.60. The van der Waals surface area contributed by atoms with Crippen LogP contribution in [0.15, 0.2) is 36.4 Å². The SMILES string of the molecule is CCCc1ccc(C2CCC(C#Cc3ccc(OC)c(F)c3F)CC2)cc1. The number of benzene rings is 2. The molecule has 0 unspecified atom stereocenters. The fourth-order valence-electron chi connectivity index (χ4n) is 3.78. The van der Waals surface area contributed by atoms with Crippen LogP contribution in [0.5, 0.6) is 5.75 Å². The summed E-state index contributed by atoms with van der Waals surface area (Å²) in [5.74, 6) is 4.80. The van der Waals surface area contributed by atoms with Gasteiger partial charge in [-0.15, -0.1) is 0 Å². The number of rotatable bonds is 4. The molecule has 2 aromatic rings. The molecule has 1 nitrogen and oxygen atoms in total. The van der Waals surface area contributed by atoms with Gasteiger partial charge in [-0.2, -0.15) is 4.39 Å². The van der Waals surface area contributed by atoms with E-state index in [1.807, 2.05) is 0 Å². The highest BCUT2D eigenvalue weighted by molar-refractivity contribution is 5.41. The van der Waals surface area contributed by atoms with Gasteiger partial charge in [-0.25, -0.2) is 4.39 Å². The maximum Gasteiger partial charge on any atom is 0.201 e. The molecule has 2 aromatic carbocycles. The van der Waals surface area contributed by atoms with Crippen LogP contribution in [-0.4, -0.2) is 7.11 Å². The highest BCUT2D eigenvalue weighted by Crippen LogP contribution is 2.35. The summed E-state index contributed by atoms with van der Waals surface area (Å²) in [6.45, 7) is 2.20. The topological polar surface area (TPSA) is 9.23 Å². The molecule has 0 spiro atoms. The Morgan fingerprint density at radius 1 is 0.963 bits per heavy atom. The molecule has 1 aliphatic carbocycles. The molecule has 3 rings (SSSR count). The first kappa shape index (κ1) is 19.4. The Kier molecular flexibility index (Phi) is 6.50. The summed E-state index contributed by atoms with van der Waals surface area (Å²) in [5, 5.41) is 0. The van der Waals surface area contributed by atoms with Crippen LogP contribution < -0.4 is 4.74 Å². The van der Waals surface area contributed by atoms with Crippen LogP contribution in [0.4, 0.5) is 8.78 Å². The van der Waals surface area contributed by atoms with Crippen LogP contribution in [-0.2, 0) is 6.42 Å². The van der Waals surface area contributed by atoms with Crippen LogP contribution >= 0.6 is 0 Å². The van der Waals surface area contributed by atoms with Crippen molar-refractivity contribution in [1.82, 2.24) is 0 Å². The van der Waals surface area contributed by atoms with E-state index in [9.17, 15) is 8.78 Å². The number of halogens is 2. The minimum atomic E-state index is -0.973. The predicted molar refractivity (Wildman–Crippen MR) is 105 cm³/mol. The van der Waals surface area contributed by atoms with E-state index >= 15 is 0 Å². The average Bonchev–Trinajstić information content (AvgIpc) is 2.70. The molecule has 1 saturated carbocycles. The second-order valence-corrected chi connectivity index (χ2v) is 7.25. The lowest BCUT2D eigenvalue weighted by molar-refractivity contribution is 0.371. The Morgan fingerprint density at radius 2 is 1.67 bits per heavy atom. The second-order valence-electron chi connectivity index (χ2n) is 7.25. The summed E-state index contributed by atoms with van der Waals surface area (Å²) >= 11 is 0. The van der Waals surface area contributed by atoms with Crippen LogP contribution in [0.2, 0.25) is 0 Å².